The second-order valence-corrected chi connectivity index (χ2v) is 5.18. The molecule has 0 amide bonds. The third-order valence-electron chi connectivity index (χ3n) is 4.08. The van der Waals surface area contributed by atoms with E-state index in [4.69, 9.17) is 5.73 Å². The minimum atomic E-state index is 0.978. The van der Waals surface area contributed by atoms with Crippen LogP contribution in [0.4, 0.5) is 0 Å². The maximum absolute atomic E-state index is 6.15. The lowest BCUT2D eigenvalue weighted by Crippen LogP contribution is -2.32. The standard InChI is InChI=1S/C18H15N/c19-18-7-3-6-14-16-9-8-12-4-1-2-5-13(12)15(16)10-11-17(14)18/h1-2,4-6,8-11H,3,7,19H2. The molecule has 2 N–H and O–H groups in total. The molecule has 92 valence electrons. The molecule has 0 saturated carbocycles. The average molecular weight is 245 g/mol. The Morgan fingerprint density at radius 2 is 1.63 bits per heavy atom. The number of rotatable bonds is 0. The van der Waals surface area contributed by atoms with Crippen molar-refractivity contribution in [2.24, 2.45) is 5.73 Å². The molecule has 1 aliphatic rings. The molecule has 0 bridgehead atoms. The second kappa shape index (κ2) is 3.86. The fourth-order valence-electron chi connectivity index (χ4n) is 3.12. The lowest BCUT2D eigenvalue weighted by molar-refractivity contribution is 1.06. The molecule has 0 saturated heterocycles. The van der Waals surface area contributed by atoms with Gasteiger partial charge in [-0.2, -0.15) is 0 Å². The highest BCUT2D eigenvalue weighted by molar-refractivity contribution is 6.07. The van der Waals surface area contributed by atoms with Crippen molar-refractivity contribution in [2.75, 3.05) is 0 Å². The van der Waals surface area contributed by atoms with Gasteiger partial charge in [-0.1, -0.05) is 54.6 Å². The predicted molar refractivity (Wildman–Crippen MR) is 82.0 cm³/mol. The predicted octanol–water partition coefficient (Wildman–Crippen LogP) is 2.63. The maximum Gasteiger partial charge on any atom is 0.0163 e. The molecule has 1 heteroatoms. The van der Waals surface area contributed by atoms with Crippen LogP contribution in [-0.4, -0.2) is 0 Å². The van der Waals surface area contributed by atoms with Crippen molar-refractivity contribution in [1.82, 2.24) is 0 Å². The Kier molecular flexibility index (Phi) is 2.16. The smallest absolute Gasteiger partial charge is 0.0163 e. The van der Waals surface area contributed by atoms with Crippen LogP contribution in [0.25, 0.3) is 33.3 Å². The number of benzene rings is 3. The lowest BCUT2D eigenvalue weighted by Gasteiger charge is -2.10. The van der Waals surface area contributed by atoms with E-state index in [0.29, 0.717) is 0 Å². The van der Waals surface area contributed by atoms with Crippen LogP contribution >= 0.6 is 0 Å². The molecular formula is C18H15N. The van der Waals surface area contributed by atoms with E-state index >= 15 is 0 Å². The van der Waals surface area contributed by atoms with E-state index in [0.717, 1.165) is 18.5 Å². The van der Waals surface area contributed by atoms with Crippen molar-refractivity contribution in [2.45, 2.75) is 12.8 Å². The van der Waals surface area contributed by atoms with Gasteiger partial charge in [-0.25, -0.2) is 0 Å². The van der Waals surface area contributed by atoms with Gasteiger partial charge in [-0.15, -0.1) is 0 Å². The van der Waals surface area contributed by atoms with Crippen LogP contribution in [0.1, 0.15) is 12.8 Å². The van der Waals surface area contributed by atoms with Gasteiger partial charge in [0.05, 0.1) is 0 Å². The summed E-state index contributed by atoms with van der Waals surface area (Å²) in [5, 5.41) is 7.78. The van der Waals surface area contributed by atoms with Gasteiger partial charge in [-0.05, 0) is 39.6 Å². The van der Waals surface area contributed by atoms with Crippen LogP contribution < -0.4 is 16.2 Å². The molecule has 0 atom stereocenters. The van der Waals surface area contributed by atoms with Crippen LogP contribution in [0.15, 0.2) is 48.5 Å². The van der Waals surface area contributed by atoms with Crippen LogP contribution in [-0.2, 0) is 0 Å². The molecular weight excluding hydrogens is 230 g/mol. The first-order valence-corrected chi connectivity index (χ1v) is 6.74. The van der Waals surface area contributed by atoms with Gasteiger partial charge in [0.1, 0.15) is 0 Å². The molecule has 0 radical (unpaired) electrons. The monoisotopic (exact) mass is 245 g/mol. The Bertz CT molecular complexity index is 919. The molecule has 3 aromatic rings. The summed E-state index contributed by atoms with van der Waals surface area (Å²) in [6, 6.07) is 17.4. The Hall–Kier alpha value is -2.28. The van der Waals surface area contributed by atoms with E-state index in [9.17, 15) is 0 Å². The molecule has 0 heterocycles. The first kappa shape index (κ1) is 10.6. The SMILES string of the molecule is NC1=c2ccc3c(ccc4ccccc43)c2=CCC1. The van der Waals surface area contributed by atoms with E-state index in [-0.39, 0.29) is 0 Å². The highest BCUT2D eigenvalue weighted by atomic mass is 14.6. The van der Waals surface area contributed by atoms with E-state index in [2.05, 4.69) is 54.6 Å². The van der Waals surface area contributed by atoms with Crippen LogP contribution in [0.5, 0.6) is 0 Å². The molecule has 0 fully saturated rings. The molecule has 0 spiro atoms. The van der Waals surface area contributed by atoms with Gasteiger partial charge in [-0.3, -0.25) is 0 Å². The fraction of sp³-hybridized carbons (Fsp3) is 0.111. The fourth-order valence-corrected chi connectivity index (χ4v) is 3.12. The molecule has 1 nitrogen and oxygen atoms in total. The van der Waals surface area contributed by atoms with Crippen LogP contribution in [0, 0.1) is 0 Å². The minimum absolute atomic E-state index is 0.978. The Morgan fingerprint density at radius 3 is 2.58 bits per heavy atom. The molecule has 4 rings (SSSR count). The Morgan fingerprint density at radius 1 is 0.789 bits per heavy atom. The van der Waals surface area contributed by atoms with Crippen molar-refractivity contribution in [3.8, 4) is 0 Å². The maximum atomic E-state index is 6.15. The lowest BCUT2D eigenvalue weighted by atomic mass is 9.96. The summed E-state index contributed by atoms with van der Waals surface area (Å²) < 4.78 is 0. The normalized spacial score (nSPS) is 14.4. The van der Waals surface area contributed by atoms with Crippen LogP contribution in [0.2, 0.25) is 0 Å². The van der Waals surface area contributed by atoms with Crippen molar-refractivity contribution < 1.29 is 0 Å². The van der Waals surface area contributed by atoms with Gasteiger partial charge in [0.15, 0.2) is 0 Å². The number of fused-ring (bicyclic) bond motifs is 5. The quantitative estimate of drug-likeness (QED) is 0.605. The van der Waals surface area contributed by atoms with Crippen molar-refractivity contribution in [1.29, 1.82) is 0 Å². The van der Waals surface area contributed by atoms with Gasteiger partial charge in [0.25, 0.3) is 0 Å². The van der Waals surface area contributed by atoms with Crippen molar-refractivity contribution in [3.63, 3.8) is 0 Å². The van der Waals surface area contributed by atoms with Gasteiger partial charge >= 0.3 is 0 Å². The van der Waals surface area contributed by atoms with Crippen LogP contribution in [0.3, 0.4) is 0 Å². The largest absolute Gasteiger partial charge is 0.402 e. The number of nitrogens with two attached hydrogens (primary N) is 1. The molecule has 0 unspecified atom stereocenters. The van der Waals surface area contributed by atoms with E-state index in [1.807, 2.05) is 0 Å². The van der Waals surface area contributed by atoms with Crippen molar-refractivity contribution >= 4 is 33.3 Å². The first-order valence-electron chi connectivity index (χ1n) is 6.74. The third kappa shape index (κ3) is 1.48. The molecule has 0 aliphatic heterocycles. The molecule has 3 aromatic carbocycles. The zero-order valence-corrected chi connectivity index (χ0v) is 10.7. The summed E-state index contributed by atoms with van der Waals surface area (Å²) in [6.45, 7) is 0. The van der Waals surface area contributed by atoms with E-state index in [1.165, 1.54) is 32.0 Å². The summed E-state index contributed by atoms with van der Waals surface area (Å²) in [6.07, 6.45) is 4.35. The third-order valence-corrected chi connectivity index (χ3v) is 4.08. The number of hydrogen-bond acceptors (Lipinski definition) is 1. The summed E-state index contributed by atoms with van der Waals surface area (Å²) in [5.74, 6) is 0. The van der Waals surface area contributed by atoms with E-state index < -0.39 is 0 Å². The second-order valence-electron chi connectivity index (χ2n) is 5.18. The number of hydrogen-bond donors (Lipinski definition) is 1. The zero-order chi connectivity index (χ0) is 12.8. The summed E-state index contributed by atoms with van der Waals surface area (Å²) in [7, 11) is 0. The van der Waals surface area contributed by atoms with Gasteiger partial charge in [0.2, 0.25) is 0 Å². The average Bonchev–Trinajstić information content (AvgIpc) is 2.47. The summed E-state index contributed by atoms with van der Waals surface area (Å²) in [4.78, 5) is 0. The molecule has 19 heavy (non-hydrogen) atoms. The van der Waals surface area contributed by atoms with Crippen molar-refractivity contribution in [3.05, 3.63) is 59.0 Å². The van der Waals surface area contributed by atoms with Gasteiger partial charge in [0, 0.05) is 10.9 Å². The van der Waals surface area contributed by atoms with Gasteiger partial charge < -0.3 is 5.73 Å². The topological polar surface area (TPSA) is 26.0 Å². The minimum Gasteiger partial charge on any atom is -0.402 e. The summed E-state index contributed by atoms with van der Waals surface area (Å²) >= 11 is 0. The Balaban J connectivity index is 2.30. The summed E-state index contributed by atoms with van der Waals surface area (Å²) in [5.41, 5.74) is 7.17. The first-order chi connectivity index (χ1) is 9.34. The highest BCUT2D eigenvalue weighted by Crippen LogP contribution is 2.22. The zero-order valence-electron chi connectivity index (χ0n) is 10.7. The Labute approximate surface area is 111 Å². The highest BCUT2D eigenvalue weighted by Gasteiger charge is 2.06. The van der Waals surface area contributed by atoms with E-state index in [1.54, 1.807) is 0 Å². The molecule has 0 aromatic heterocycles. The molecule has 1 aliphatic carbocycles.